The Balaban J connectivity index is 2.35. The van der Waals surface area contributed by atoms with Crippen molar-refractivity contribution in [3.8, 4) is 5.75 Å². The summed E-state index contributed by atoms with van der Waals surface area (Å²) in [5.74, 6) is 0.504. The number of aromatic amines is 1. The molecule has 0 fully saturated rings. The first-order valence-corrected chi connectivity index (χ1v) is 6.74. The Morgan fingerprint density at radius 2 is 2.22 bits per heavy atom. The second-order valence-electron chi connectivity index (χ2n) is 3.39. The van der Waals surface area contributed by atoms with Crippen molar-refractivity contribution in [2.45, 2.75) is 4.90 Å². The van der Waals surface area contributed by atoms with Gasteiger partial charge in [0, 0.05) is 12.3 Å². The van der Waals surface area contributed by atoms with Gasteiger partial charge in [0.2, 0.25) is 0 Å². The van der Waals surface area contributed by atoms with Gasteiger partial charge < -0.3 is 4.74 Å². The zero-order valence-electron chi connectivity index (χ0n) is 9.34. The molecule has 96 valence electrons. The predicted molar refractivity (Wildman–Crippen MR) is 67.4 cm³/mol. The second kappa shape index (κ2) is 4.87. The van der Waals surface area contributed by atoms with Crippen LogP contribution in [0.15, 0.2) is 35.5 Å². The standard InChI is InChI=1S/C10H10ClN3O3S/c1-17-7-2-3-9(11)10(4-7)14-18(15,16)8-5-12-13-6-8/h2-6,14H,1H3,(H,12,13). The molecule has 8 heteroatoms. The number of halogens is 1. The highest BCUT2D eigenvalue weighted by Gasteiger charge is 2.17. The molecule has 0 spiro atoms. The van der Waals surface area contributed by atoms with E-state index >= 15 is 0 Å². The lowest BCUT2D eigenvalue weighted by molar-refractivity contribution is 0.415. The average molecular weight is 288 g/mol. The third-order valence-electron chi connectivity index (χ3n) is 2.20. The Morgan fingerprint density at radius 3 is 2.83 bits per heavy atom. The predicted octanol–water partition coefficient (Wildman–Crippen LogP) is 1.87. The number of anilines is 1. The molecule has 0 aliphatic carbocycles. The van der Waals surface area contributed by atoms with Crippen molar-refractivity contribution in [3.63, 3.8) is 0 Å². The van der Waals surface area contributed by atoms with Crippen LogP contribution in [0.2, 0.25) is 5.02 Å². The van der Waals surface area contributed by atoms with Gasteiger partial charge in [-0.25, -0.2) is 8.42 Å². The molecule has 0 atom stereocenters. The van der Waals surface area contributed by atoms with Crippen molar-refractivity contribution in [3.05, 3.63) is 35.6 Å². The van der Waals surface area contributed by atoms with E-state index in [1.165, 1.54) is 25.6 Å². The fourth-order valence-electron chi connectivity index (χ4n) is 1.30. The van der Waals surface area contributed by atoms with Crippen LogP contribution in [0.5, 0.6) is 5.75 Å². The molecule has 1 heterocycles. The Labute approximate surface area is 109 Å². The van der Waals surface area contributed by atoms with Crippen molar-refractivity contribution >= 4 is 27.3 Å². The van der Waals surface area contributed by atoms with Crippen molar-refractivity contribution in [1.82, 2.24) is 10.2 Å². The van der Waals surface area contributed by atoms with E-state index in [1.54, 1.807) is 12.1 Å². The summed E-state index contributed by atoms with van der Waals surface area (Å²) in [5, 5.41) is 6.30. The molecule has 0 unspecified atom stereocenters. The molecule has 0 saturated heterocycles. The lowest BCUT2D eigenvalue weighted by Crippen LogP contribution is -2.12. The zero-order valence-corrected chi connectivity index (χ0v) is 10.9. The minimum absolute atomic E-state index is 0.0291. The lowest BCUT2D eigenvalue weighted by atomic mass is 10.3. The summed E-state index contributed by atoms with van der Waals surface area (Å²) in [4.78, 5) is 0.0291. The molecule has 18 heavy (non-hydrogen) atoms. The van der Waals surface area contributed by atoms with Crippen molar-refractivity contribution in [2.75, 3.05) is 11.8 Å². The van der Waals surface area contributed by atoms with E-state index < -0.39 is 10.0 Å². The Hall–Kier alpha value is -1.73. The molecule has 0 bridgehead atoms. The van der Waals surface area contributed by atoms with Crippen LogP contribution in [-0.2, 0) is 10.0 Å². The van der Waals surface area contributed by atoms with Gasteiger partial charge >= 0.3 is 0 Å². The van der Waals surface area contributed by atoms with Crippen molar-refractivity contribution < 1.29 is 13.2 Å². The number of benzene rings is 1. The lowest BCUT2D eigenvalue weighted by Gasteiger charge is -2.09. The fraction of sp³-hybridized carbons (Fsp3) is 0.100. The van der Waals surface area contributed by atoms with E-state index in [0.717, 1.165) is 0 Å². The van der Waals surface area contributed by atoms with Crippen molar-refractivity contribution in [2.24, 2.45) is 0 Å². The SMILES string of the molecule is COc1ccc(Cl)c(NS(=O)(=O)c2cn[nH]c2)c1. The molecule has 0 radical (unpaired) electrons. The number of nitrogens with one attached hydrogen (secondary N) is 2. The number of sulfonamides is 1. The molecular weight excluding hydrogens is 278 g/mol. The largest absolute Gasteiger partial charge is 0.497 e. The van der Waals surface area contributed by atoms with Crippen LogP contribution in [0.25, 0.3) is 0 Å². The van der Waals surface area contributed by atoms with Gasteiger partial charge in [-0.1, -0.05) is 11.6 Å². The smallest absolute Gasteiger partial charge is 0.265 e. The van der Waals surface area contributed by atoms with Gasteiger partial charge in [-0.15, -0.1) is 0 Å². The number of nitrogens with zero attached hydrogens (tertiary/aromatic N) is 1. The summed E-state index contributed by atoms with van der Waals surface area (Å²) in [7, 11) is -2.22. The van der Waals surface area contributed by atoms with E-state index in [9.17, 15) is 8.42 Å². The maximum absolute atomic E-state index is 11.9. The highest BCUT2D eigenvalue weighted by molar-refractivity contribution is 7.92. The Bertz CT molecular complexity index is 640. The molecule has 0 aliphatic rings. The number of ether oxygens (including phenoxy) is 1. The monoisotopic (exact) mass is 287 g/mol. The van der Waals surface area contributed by atoms with Crippen LogP contribution in [0.1, 0.15) is 0 Å². The number of methoxy groups -OCH3 is 1. The second-order valence-corrected chi connectivity index (χ2v) is 5.47. The number of rotatable bonds is 4. The van der Waals surface area contributed by atoms with Gasteiger partial charge in [0.25, 0.3) is 10.0 Å². The van der Waals surface area contributed by atoms with E-state index in [0.29, 0.717) is 5.75 Å². The summed E-state index contributed by atoms with van der Waals surface area (Å²) in [6.07, 6.45) is 2.48. The molecule has 1 aromatic carbocycles. The van der Waals surface area contributed by atoms with E-state index in [-0.39, 0.29) is 15.6 Å². The zero-order chi connectivity index (χ0) is 13.2. The van der Waals surface area contributed by atoms with Crippen LogP contribution >= 0.6 is 11.6 Å². The van der Waals surface area contributed by atoms with Gasteiger partial charge in [-0.2, -0.15) is 5.10 Å². The number of hydrogen-bond donors (Lipinski definition) is 2. The fourth-order valence-corrected chi connectivity index (χ4v) is 2.50. The third kappa shape index (κ3) is 2.57. The van der Waals surface area contributed by atoms with Crippen molar-refractivity contribution in [1.29, 1.82) is 0 Å². The third-order valence-corrected chi connectivity index (χ3v) is 3.86. The summed E-state index contributed by atoms with van der Waals surface area (Å²) in [6.45, 7) is 0. The molecule has 0 amide bonds. The molecule has 2 N–H and O–H groups in total. The number of hydrogen-bond acceptors (Lipinski definition) is 4. The maximum Gasteiger partial charge on any atom is 0.265 e. The van der Waals surface area contributed by atoms with Crippen LogP contribution in [0, 0.1) is 0 Å². The minimum Gasteiger partial charge on any atom is -0.497 e. The molecule has 0 saturated carbocycles. The van der Waals surface area contributed by atoms with Crippen LogP contribution < -0.4 is 9.46 Å². The molecule has 2 rings (SSSR count). The first-order valence-electron chi connectivity index (χ1n) is 4.88. The molecule has 6 nitrogen and oxygen atoms in total. The number of aromatic nitrogens is 2. The minimum atomic E-state index is -3.70. The van der Waals surface area contributed by atoms with Crippen LogP contribution in [-0.4, -0.2) is 25.7 Å². The summed E-state index contributed by atoms with van der Waals surface area (Å²) < 4.78 is 31.3. The van der Waals surface area contributed by atoms with Gasteiger partial charge in [-0.3, -0.25) is 9.82 Å². The topological polar surface area (TPSA) is 84.1 Å². The van der Waals surface area contributed by atoms with Gasteiger partial charge in [-0.05, 0) is 12.1 Å². The first kappa shape index (κ1) is 12.7. The van der Waals surface area contributed by atoms with E-state index in [2.05, 4.69) is 14.9 Å². The van der Waals surface area contributed by atoms with Crippen LogP contribution in [0.3, 0.4) is 0 Å². The normalized spacial score (nSPS) is 11.2. The average Bonchev–Trinajstić information content (AvgIpc) is 2.86. The highest BCUT2D eigenvalue weighted by Crippen LogP contribution is 2.28. The van der Waals surface area contributed by atoms with Gasteiger partial charge in [0.05, 0.1) is 24.0 Å². The summed E-state index contributed by atoms with van der Waals surface area (Å²) in [6, 6.07) is 4.69. The Morgan fingerprint density at radius 1 is 1.44 bits per heavy atom. The van der Waals surface area contributed by atoms with E-state index in [1.807, 2.05) is 0 Å². The number of H-pyrrole nitrogens is 1. The summed E-state index contributed by atoms with van der Waals surface area (Å²) in [5.41, 5.74) is 0.247. The molecular formula is C10H10ClN3O3S. The van der Waals surface area contributed by atoms with Gasteiger partial charge in [0.1, 0.15) is 10.6 Å². The highest BCUT2D eigenvalue weighted by atomic mass is 35.5. The molecule has 1 aromatic heterocycles. The maximum atomic E-state index is 11.9. The van der Waals surface area contributed by atoms with Crippen LogP contribution in [0.4, 0.5) is 5.69 Å². The first-order chi connectivity index (χ1) is 8.53. The van der Waals surface area contributed by atoms with Gasteiger partial charge in [0.15, 0.2) is 0 Å². The van der Waals surface area contributed by atoms with E-state index in [4.69, 9.17) is 16.3 Å². The Kier molecular flexibility index (Phi) is 3.44. The summed E-state index contributed by atoms with van der Waals surface area (Å²) >= 11 is 5.91. The molecule has 2 aromatic rings. The quantitative estimate of drug-likeness (QED) is 0.899. The molecule has 0 aliphatic heterocycles.